The van der Waals surface area contributed by atoms with Gasteiger partial charge in [-0.25, -0.2) is 12.7 Å². The summed E-state index contributed by atoms with van der Waals surface area (Å²) in [6, 6.07) is 16.4. The summed E-state index contributed by atoms with van der Waals surface area (Å²) >= 11 is 0. The Balaban J connectivity index is 1.48. The Hall–Kier alpha value is -2.38. The summed E-state index contributed by atoms with van der Waals surface area (Å²) < 4.78 is 26.7. The lowest BCUT2D eigenvalue weighted by Crippen LogP contribution is -2.47. The van der Waals surface area contributed by atoms with Gasteiger partial charge >= 0.3 is 0 Å². The first-order valence-corrected chi connectivity index (χ1v) is 10.7. The fourth-order valence-electron chi connectivity index (χ4n) is 3.25. The van der Waals surface area contributed by atoms with E-state index in [9.17, 15) is 13.2 Å². The molecule has 1 aliphatic rings. The van der Waals surface area contributed by atoms with Crippen molar-refractivity contribution in [2.24, 2.45) is 0 Å². The second-order valence-corrected chi connectivity index (χ2v) is 8.87. The lowest BCUT2D eigenvalue weighted by molar-refractivity contribution is -0.121. The summed E-state index contributed by atoms with van der Waals surface area (Å²) in [4.78, 5) is 12.2. The normalized spacial score (nSPS) is 16.1. The molecular formula is C20H25N3O3S. The molecule has 2 aromatic rings. The molecule has 2 aromatic carbocycles. The van der Waals surface area contributed by atoms with Crippen LogP contribution in [-0.4, -0.2) is 37.8 Å². The number of nitrogens with zero attached hydrogens (tertiary/aromatic N) is 1. The number of sulfonamides is 1. The number of carbonyl (C=O) groups excluding carboxylic acids is 1. The third kappa shape index (κ3) is 5.55. The van der Waals surface area contributed by atoms with Gasteiger partial charge in [0.2, 0.25) is 15.9 Å². The van der Waals surface area contributed by atoms with Crippen LogP contribution in [0.2, 0.25) is 0 Å². The lowest BCUT2D eigenvalue weighted by atomic mass is 10.1. The Morgan fingerprint density at radius 3 is 2.26 bits per heavy atom. The number of amides is 1. The average Bonchev–Trinajstić information content (AvgIpc) is 2.64. The van der Waals surface area contributed by atoms with Gasteiger partial charge < -0.3 is 11.1 Å². The molecule has 6 nitrogen and oxygen atoms in total. The first kappa shape index (κ1) is 19.4. The minimum absolute atomic E-state index is 0.00876. The maximum absolute atomic E-state index is 12.6. The van der Waals surface area contributed by atoms with E-state index in [1.807, 2.05) is 42.5 Å². The van der Waals surface area contributed by atoms with Gasteiger partial charge in [-0.3, -0.25) is 4.79 Å². The monoisotopic (exact) mass is 387 g/mol. The highest BCUT2D eigenvalue weighted by Gasteiger charge is 2.28. The highest BCUT2D eigenvalue weighted by Crippen LogP contribution is 2.18. The van der Waals surface area contributed by atoms with Gasteiger partial charge in [0.05, 0.1) is 12.2 Å². The van der Waals surface area contributed by atoms with Crippen LogP contribution >= 0.6 is 0 Å². The van der Waals surface area contributed by atoms with Crippen molar-refractivity contribution in [2.45, 2.75) is 31.1 Å². The number of hydrogen-bond donors (Lipinski definition) is 2. The molecule has 27 heavy (non-hydrogen) atoms. The molecule has 1 amide bonds. The quantitative estimate of drug-likeness (QED) is 0.741. The van der Waals surface area contributed by atoms with Gasteiger partial charge in [-0.15, -0.1) is 0 Å². The van der Waals surface area contributed by atoms with E-state index in [0.29, 0.717) is 38.0 Å². The van der Waals surface area contributed by atoms with E-state index in [1.54, 1.807) is 12.1 Å². The average molecular weight is 388 g/mol. The lowest BCUT2D eigenvalue weighted by Gasteiger charge is -2.31. The number of carbonyl (C=O) groups is 1. The second kappa shape index (κ2) is 8.54. The molecule has 1 fully saturated rings. The van der Waals surface area contributed by atoms with E-state index in [0.717, 1.165) is 11.1 Å². The predicted molar refractivity (Wildman–Crippen MR) is 106 cm³/mol. The summed E-state index contributed by atoms with van der Waals surface area (Å²) in [5.41, 5.74) is 8.01. The summed E-state index contributed by atoms with van der Waals surface area (Å²) in [5, 5.41) is 3.01. The molecule has 1 saturated heterocycles. The molecule has 0 radical (unpaired) electrons. The molecule has 0 spiro atoms. The Kier molecular flexibility index (Phi) is 6.13. The van der Waals surface area contributed by atoms with Gasteiger partial charge in [0.15, 0.2) is 0 Å². The highest BCUT2D eigenvalue weighted by atomic mass is 32.2. The standard InChI is InChI=1S/C20H25N3O3S/c21-18-8-6-16(7-9-18)14-20(24)22-19-10-12-23(13-11-19)27(25,26)15-17-4-2-1-3-5-17/h1-9,19H,10-15,21H2,(H,22,24). The minimum atomic E-state index is -3.33. The number of rotatable bonds is 6. The van der Waals surface area contributed by atoms with Gasteiger partial charge in [0, 0.05) is 24.8 Å². The molecule has 0 bridgehead atoms. The van der Waals surface area contributed by atoms with Crippen molar-refractivity contribution < 1.29 is 13.2 Å². The number of nitrogens with one attached hydrogen (secondary N) is 1. The molecule has 0 saturated carbocycles. The molecule has 3 N–H and O–H groups in total. The SMILES string of the molecule is Nc1ccc(CC(=O)NC2CCN(S(=O)(=O)Cc3ccccc3)CC2)cc1. The van der Waals surface area contributed by atoms with Gasteiger partial charge in [-0.2, -0.15) is 0 Å². The number of hydrogen-bond acceptors (Lipinski definition) is 4. The van der Waals surface area contributed by atoms with Gasteiger partial charge in [0.1, 0.15) is 0 Å². The summed E-state index contributed by atoms with van der Waals surface area (Å²) in [7, 11) is -3.33. The van der Waals surface area contributed by atoms with E-state index in [4.69, 9.17) is 5.73 Å². The molecule has 0 unspecified atom stereocenters. The van der Waals surface area contributed by atoms with Crippen LogP contribution in [-0.2, 0) is 27.0 Å². The van der Waals surface area contributed by atoms with Crippen molar-refractivity contribution in [1.82, 2.24) is 9.62 Å². The molecule has 1 aliphatic heterocycles. The molecule has 0 aromatic heterocycles. The van der Waals surface area contributed by atoms with Crippen LogP contribution in [0.4, 0.5) is 5.69 Å². The molecule has 1 heterocycles. The van der Waals surface area contributed by atoms with Crippen LogP contribution in [0.5, 0.6) is 0 Å². The largest absolute Gasteiger partial charge is 0.399 e. The van der Waals surface area contributed by atoms with Crippen LogP contribution in [0.25, 0.3) is 0 Å². The third-order valence-corrected chi connectivity index (χ3v) is 6.60. The fourth-order valence-corrected chi connectivity index (χ4v) is 4.82. The molecule has 0 aliphatic carbocycles. The number of nitrogens with two attached hydrogens (primary N) is 1. The zero-order valence-corrected chi connectivity index (χ0v) is 16.0. The maximum atomic E-state index is 12.6. The van der Waals surface area contributed by atoms with E-state index in [1.165, 1.54) is 4.31 Å². The molecule has 144 valence electrons. The number of anilines is 1. The van der Waals surface area contributed by atoms with Gasteiger partial charge in [-0.05, 0) is 36.1 Å². The van der Waals surface area contributed by atoms with Gasteiger partial charge in [0.25, 0.3) is 0 Å². The Morgan fingerprint density at radius 2 is 1.63 bits per heavy atom. The molecular weight excluding hydrogens is 362 g/mol. The van der Waals surface area contributed by atoms with Crippen molar-refractivity contribution in [3.05, 3.63) is 65.7 Å². The summed E-state index contributed by atoms with van der Waals surface area (Å²) in [6.07, 6.45) is 1.55. The summed E-state index contributed by atoms with van der Waals surface area (Å²) in [6.45, 7) is 0.865. The molecule has 3 rings (SSSR count). The first-order chi connectivity index (χ1) is 12.9. The maximum Gasteiger partial charge on any atom is 0.224 e. The van der Waals surface area contributed by atoms with Crippen molar-refractivity contribution in [2.75, 3.05) is 18.8 Å². The predicted octanol–water partition coefficient (Wildman–Crippen LogP) is 1.92. The minimum Gasteiger partial charge on any atom is -0.399 e. The van der Waals surface area contributed by atoms with Gasteiger partial charge in [-0.1, -0.05) is 42.5 Å². The van der Waals surface area contributed by atoms with Crippen LogP contribution in [0.3, 0.4) is 0 Å². The molecule has 7 heteroatoms. The van der Waals surface area contributed by atoms with Crippen LogP contribution in [0.15, 0.2) is 54.6 Å². The van der Waals surface area contributed by atoms with E-state index in [-0.39, 0.29) is 17.7 Å². The second-order valence-electron chi connectivity index (χ2n) is 6.90. The van der Waals surface area contributed by atoms with Crippen molar-refractivity contribution in [1.29, 1.82) is 0 Å². The van der Waals surface area contributed by atoms with E-state index >= 15 is 0 Å². The molecule has 0 atom stereocenters. The third-order valence-electron chi connectivity index (χ3n) is 4.75. The Morgan fingerprint density at radius 1 is 1.00 bits per heavy atom. The zero-order chi connectivity index (χ0) is 19.3. The van der Waals surface area contributed by atoms with Crippen molar-refractivity contribution >= 4 is 21.6 Å². The summed E-state index contributed by atoms with van der Waals surface area (Å²) in [5.74, 6) is -0.0347. The smallest absolute Gasteiger partial charge is 0.224 e. The number of benzene rings is 2. The van der Waals surface area contributed by atoms with E-state index in [2.05, 4.69) is 5.32 Å². The number of piperidine rings is 1. The van der Waals surface area contributed by atoms with Crippen molar-refractivity contribution in [3.63, 3.8) is 0 Å². The number of nitrogen functional groups attached to an aromatic ring is 1. The fraction of sp³-hybridized carbons (Fsp3) is 0.350. The first-order valence-electron chi connectivity index (χ1n) is 9.08. The Labute approximate surface area is 160 Å². The topological polar surface area (TPSA) is 92.5 Å². The highest BCUT2D eigenvalue weighted by molar-refractivity contribution is 7.88. The van der Waals surface area contributed by atoms with Crippen LogP contribution < -0.4 is 11.1 Å². The van der Waals surface area contributed by atoms with E-state index < -0.39 is 10.0 Å². The Bertz CT molecular complexity index is 859. The zero-order valence-electron chi connectivity index (χ0n) is 15.2. The van der Waals surface area contributed by atoms with Crippen molar-refractivity contribution in [3.8, 4) is 0 Å². The van der Waals surface area contributed by atoms with Crippen LogP contribution in [0.1, 0.15) is 24.0 Å². The van der Waals surface area contributed by atoms with Crippen LogP contribution in [0, 0.1) is 0 Å².